The lowest BCUT2D eigenvalue weighted by atomic mass is 9.94. The van der Waals surface area contributed by atoms with E-state index in [-0.39, 0.29) is 11.9 Å². The van der Waals surface area contributed by atoms with E-state index in [1.807, 2.05) is 18.7 Å². The maximum absolute atomic E-state index is 12.3. The van der Waals surface area contributed by atoms with Crippen LogP contribution in [0.4, 0.5) is 0 Å². The minimum absolute atomic E-state index is 0.143. The standard InChI is InChI=1S/C16H22N2O3S2/c1-10-9-22-15(17-10)23-12-5-3-11(4-6-12)18-13(19)16(7-8-16)14(20)21-2/h9,11-12H,3-8H2,1-2H3,(H,18,19). The largest absolute Gasteiger partial charge is 0.468 e. The van der Waals surface area contributed by atoms with Gasteiger partial charge in [-0.25, -0.2) is 4.98 Å². The maximum atomic E-state index is 12.3. The SMILES string of the molecule is COC(=O)C1(C(=O)NC2CCC(Sc3nc(C)cs3)CC2)CC1. The number of nitrogens with zero attached hydrogens (tertiary/aromatic N) is 1. The molecule has 0 spiro atoms. The number of methoxy groups -OCH3 is 1. The summed E-state index contributed by atoms with van der Waals surface area (Å²) in [6, 6.07) is 0.180. The third kappa shape index (κ3) is 3.71. The highest BCUT2D eigenvalue weighted by Crippen LogP contribution is 2.47. The Morgan fingerprint density at radius 3 is 2.57 bits per heavy atom. The molecule has 2 fully saturated rings. The highest BCUT2D eigenvalue weighted by Gasteiger charge is 2.58. The van der Waals surface area contributed by atoms with Crippen LogP contribution in [0.25, 0.3) is 0 Å². The minimum Gasteiger partial charge on any atom is -0.468 e. The fourth-order valence-corrected chi connectivity index (χ4v) is 5.31. The summed E-state index contributed by atoms with van der Waals surface area (Å²) in [6.07, 6.45) is 5.29. The first kappa shape index (κ1) is 16.8. The molecule has 1 N–H and O–H groups in total. The van der Waals surface area contributed by atoms with Crippen molar-refractivity contribution in [1.29, 1.82) is 0 Å². The van der Waals surface area contributed by atoms with Crippen LogP contribution < -0.4 is 5.32 Å². The zero-order valence-electron chi connectivity index (χ0n) is 13.5. The van der Waals surface area contributed by atoms with Crippen LogP contribution in [0.1, 0.15) is 44.2 Å². The predicted molar refractivity (Wildman–Crippen MR) is 90.6 cm³/mol. The highest BCUT2D eigenvalue weighted by molar-refractivity contribution is 8.01. The molecule has 1 heterocycles. The Morgan fingerprint density at radius 2 is 2.04 bits per heavy atom. The Balaban J connectivity index is 1.46. The second kappa shape index (κ2) is 6.81. The van der Waals surface area contributed by atoms with Crippen molar-refractivity contribution in [2.24, 2.45) is 5.41 Å². The van der Waals surface area contributed by atoms with E-state index in [0.717, 1.165) is 35.7 Å². The van der Waals surface area contributed by atoms with Crippen molar-refractivity contribution < 1.29 is 14.3 Å². The third-order valence-electron chi connectivity index (χ3n) is 4.64. The molecule has 1 aromatic rings. The Morgan fingerprint density at radius 1 is 1.35 bits per heavy atom. The Kier molecular flexibility index (Phi) is 4.96. The van der Waals surface area contributed by atoms with Gasteiger partial charge >= 0.3 is 5.97 Å². The van der Waals surface area contributed by atoms with E-state index in [0.29, 0.717) is 18.1 Å². The van der Waals surface area contributed by atoms with Gasteiger partial charge < -0.3 is 10.1 Å². The number of carbonyl (C=O) groups is 2. The predicted octanol–water partition coefficient (Wildman–Crippen LogP) is 2.92. The molecule has 23 heavy (non-hydrogen) atoms. The van der Waals surface area contributed by atoms with Crippen LogP contribution in [0.3, 0.4) is 0 Å². The second-order valence-electron chi connectivity index (χ2n) is 6.39. The summed E-state index contributed by atoms with van der Waals surface area (Å²) in [5, 5.41) is 5.72. The van der Waals surface area contributed by atoms with Crippen molar-refractivity contribution in [3.05, 3.63) is 11.1 Å². The van der Waals surface area contributed by atoms with Gasteiger partial charge in [-0.15, -0.1) is 11.3 Å². The zero-order chi connectivity index (χ0) is 16.4. The van der Waals surface area contributed by atoms with Gasteiger partial charge in [0.15, 0.2) is 0 Å². The molecule has 3 rings (SSSR count). The molecular weight excluding hydrogens is 332 g/mol. The fourth-order valence-electron chi connectivity index (χ4n) is 3.02. The number of aryl methyl sites for hydroxylation is 1. The molecule has 7 heteroatoms. The number of nitrogens with one attached hydrogen (secondary N) is 1. The van der Waals surface area contributed by atoms with E-state index in [4.69, 9.17) is 4.74 Å². The van der Waals surface area contributed by atoms with Crippen molar-refractivity contribution >= 4 is 35.0 Å². The van der Waals surface area contributed by atoms with Crippen LogP contribution in [0.2, 0.25) is 0 Å². The number of thioether (sulfide) groups is 1. The van der Waals surface area contributed by atoms with Crippen molar-refractivity contribution in [3.63, 3.8) is 0 Å². The topological polar surface area (TPSA) is 68.3 Å². The monoisotopic (exact) mass is 354 g/mol. The summed E-state index contributed by atoms with van der Waals surface area (Å²) in [4.78, 5) is 28.6. The molecule has 2 aliphatic rings. The van der Waals surface area contributed by atoms with Crippen LogP contribution in [0.5, 0.6) is 0 Å². The van der Waals surface area contributed by atoms with Gasteiger partial charge in [0.25, 0.3) is 0 Å². The molecule has 1 aromatic heterocycles. The van der Waals surface area contributed by atoms with Crippen LogP contribution in [-0.4, -0.2) is 35.3 Å². The molecule has 0 bridgehead atoms. The zero-order valence-corrected chi connectivity index (χ0v) is 15.1. The Hall–Kier alpha value is -1.08. The summed E-state index contributed by atoms with van der Waals surface area (Å²) < 4.78 is 5.90. The molecule has 5 nitrogen and oxygen atoms in total. The average Bonchev–Trinajstić information content (AvgIpc) is 3.27. The summed E-state index contributed by atoms with van der Waals surface area (Å²) in [7, 11) is 1.35. The molecule has 2 aliphatic carbocycles. The van der Waals surface area contributed by atoms with Crippen molar-refractivity contribution in [1.82, 2.24) is 10.3 Å². The Bertz CT molecular complexity index is 590. The summed E-state index contributed by atoms with van der Waals surface area (Å²) in [5.74, 6) is -0.533. The van der Waals surface area contributed by atoms with Gasteiger partial charge in [0.05, 0.1) is 7.11 Å². The van der Waals surface area contributed by atoms with Gasteiger partial charge in [-0.2, -0.15) is 0 Å². The van der Waals surface area contributed by atoms with Crippen LogP contribution in [0.15, 0.2) is 9.72 Å². The Labute approximate surface area is 144 Å². The summed E-state index contributed by atoms with van der Waals surface area (Å²) in [5.41, 5.74) is 0.190. The van der Waals surface area contributed by atoms with E-state index in [1.54, 1.807) is 11.3 Å². The number of esters is 1. The number of hydrogen-bond acceptors (Lipinski definition) is 6. The number of thiazole rings is 1. The molecule has 0 unspecified atom stereocenters. The molecular formula is C16H22N2O3S2. The summed E-state index contributed by atoms with van der Waals surface area (Å²) in [6.45, 7) is 2.02. The van der Waals surface area contributed by atoms with E-state index >= 15 is 0 Å². The van der Waals surface area contributed by atoms with Crippen molar-refractivity contribution in [3.8, 4) is 0 Å². The molecule has 0 aromatic carbocycles. The van der Waals surface area contributed by atoms with Gasteiger partial charge in [0.2, 0.25) is 5.91 Å². The van der Waals surface area contributed by atoms with Gasteiger partial charge in [0, 0.05) is 22.4 Å². The van der Waals surface area contributed by atoms with Gasteiger partial charge in [-0.1, -0.05) is 11.8 Å². The van der Waals surface area contributed by atoms with E-state index in [9.17, 15) is 9.59 Å². The van der Waals surface area contributed by atoms with E-state index in [2.05, 4.69) is 15.7 Å². The molecule has 126 valence electrons. The average molecular weight is 354 g/mol. The van der Waals surface area contributed by atoms with Crippen molar-refractivity contribution in [2.45, 2.75) is 61.1 Å². The van der Waals surface area contributed by atoms with Crippen LogP contribution >= 0.6 is 23.1 Å². The van der Waals surface area contributed by atoms with E-state index < -0.39 is 11.4 Å². The lowest BCUT2D eigenvalue weighted by molar-refractivity contribution is -0.152. The third-order valence-corrected chi connectivity index (χ3v) is 7.06. The number of hydrogen-bond donors (Lipinski definition) is 1. The minimum atomic E-state index is -0.890. The number of rotatable bonds is 5. The lowest BCUT2D eigenvalue weighted by Gasteiger charge is -2.29. The first-order chi connectivity index (χ1) is 11.0. The molecule has 0 atom stereocenters. The number of carbonyl (C=O) groups excluding carboxylic acids is 2. The highest BCUT2D eigenvalue weighted by atomic mass is 32.2. The normalized spacial score (nSPS) is 25.7. The smallest absolute Gasteiger partial charge is 0.321 e. The molecule has 0 aliphatic heterocycles. The molecule has 0 saturated heterocycles. The van der Waals surface area contributed by atoms with E-state index in [1.165, 1.54) is 7.11 Å². The maximum Gasteiger partial charge on any atom is 0.321 e. The van der Waals surface area contributed by atoms with Gasteiger partial charge in [-0.3, -0.25) is 9.59 Å². The van der Waals surface area contributed by atoms with Crippen molar-refractivity contribution in [2.75, 3.05) is 7.11 Å². The van der Waals surface area contributed by atoms with Gasteiger partial charge in [0.1, 0.15) is 9.75 Å². The lowest BCUT2D eigenvalue weighted by Crippen LogP contribution is -2.44. The molecule has 2 saturated carbocycles. The van der Waals surface area contributed by atoms with Gasteiger partial charge in [-0.05, 0) is 45.4 Å². The number of ether oxygens (including phenoxy) is 1. The second-order valence-corrected chi connectivity index (χ2v) is 8.80. The number of aromatic nitrogens is 1. The fraction of sp³-hybridized carbons (Fsp3) is 0.688. The first-order valence-electron chi connectivity index (χ1n) is 8.01. The number of amides is 1. The van der Waals surface area contributed by atoms with Crippen LogP contribution in [0, 0.1) is 12.3 Å². The summed E-state index contributed by atoms with van der Waals surface area (Å²) >= 11 is 3.56. The molecule has 0 radical (unpaired) electrons. The van der Waals surface area contributed by atoms with Crippen LogP contribution in [-0.2, 0) is 14.3 Å². The first-order valence-corrected chi connectivity index (χ1v) is 9.77. The molecule has 1 amide bonds. The quantitative estimate of drug-likeness (QED) is 0.650.